The van der Waals surface area contributed by atoms with Crippen molar-refractivity contribution in [2.75, 3.05) is 21.0 Å². The summed E-state index contributed by atoms with van der Waals surface area (Å²) in [6, 6.07) is 7.56. The second-order valence-corrected chi connectivity index (χ2v) is 5.58. The number of carbonyl (C=O) groups excluding carboxylic acids is 2. The van der Waals surface area contributed by atoms with E-state index >= 15 is 0 Å². The number of hydrogen-bond acceptors (Lipinski definition) is 6. The fraction of sp³-hybridized carbons (Fsp3) is 0.176. The Bertz CT molecular complexity index is 871. The van der Waals surface area contributed by atoms with E-state index in [9.17, 15) is 9.59 Å². The maximum absolute atomic E-state index is 12.3. The topological polar surface area (TPSA) is 95.1 Å². The summed E-state index contributed by atoms with van der Waals surface area (Å²) in [5.41, 5.74) is 5.14. The van der Waals surface area contributed by atoms with Gasteiger partial charge in [0.05, 0.1) is 19.2 Å². The van der Waals surface area contributed by atoms with E-state index in [0.717, 1.165) is 0 Å². The van der Waals surface area contributed by atoms with Crippen LogP contribution < -0.4 is 29.8 Å². The summed E-state index contributed by atoms with van der Waals surface area (Å²) in [7, 11) is 2.87. The molecule has 2 aromatic carbocycles. The maximum atomic E-state index is 12.3. The van der Waals surface area contributed by atoms with Gasteiger partial charge in [-0.05, 0) is 30.3 Å². The van der Waals surface area contributed by atoms with Gasteiger partial charge in [-0.3, -0.25) is 20.4 Å². The fourth-order valence-corrected chi connectivity index (χ4v) is 2.63. The average molecular weight is 379 g/mol. The number of rotatable bonds is 4. The smallest absolute Gasteiger partial charge is 0.269 e. The number of amides is 2. The van der Waals surface area contributed by atoms with Crippen LogP contribution in [-0.2, 0) is 0 Å². The quantitative estimate of drug-likeness (QED) is 0.792. The Hall–Kier alpha value is -3.13. The van der Waals surface area contributed by atoms with Crippen LogP contribution in [0.3, 0.4) is 0 Å². The van der Waals surface area contributed by atoms with E-state index < -0.39 is 11.8 Å². The van der Waals surface area contributed by atoms with E-state index in [1.165, 1.54) is 32.4 Å². The van der Waals surface area contributed by atoms with Gasteiger partial charge >= 0.3 is 0 Å². The second kappa shape index (κ2) is 7.40. The Labute approximate surface area is 153 Å². The third kappa shape index (κ3) is 3.45. The van der Waals surface area contributed by atoms with Crippen molar-refractivity contribution in [1.29, 1.82) is 0 Å². The molecule has 8 nitrogen and oxygen atoms in total. The highest BCUT2D eigenvalue weighted by molar-refractivity contribution is 6.32. The van der Waals surface area contributed by atoms with Crippen LogP contribution in [0.15, 0.2) is 30.3 Å². The number of fused-ring (bicyclic) bond motifs is 1. The fourth-order valence-electron chi connectivity index (χ4n) is 2.34. The minimum atomic E-state index is -0.568. The van der Waals surface area contributed by atoms with Gasteiger partial charge in [-0.1, -0.05) is 11.6 Å². The first-order chi connectivity index (χ1) is 12.5. The molecule has 136 valence electrons. The predicted molar refractivity (Wildman–Crippen MR) is 92.1 cm³/mol. The molecule has 9 heteroatoms. The number of benzene rings is 2. The molecule has 1 heterocycles. The van der Waals surface area contributed by atoms with Crippen molar-refractivity contribution in [3.8, 4) is 23.0 Å². The lowest BCUT2D eigenvalue weighted by Crippen LogP contribution is -2.41. The van der Waals surface area contributed by atoms with Gasteiger partial charge in [0.2, 0.25) is 6.79 Å². The second-order valence-electron chi connectivity index (χ2n) is 5.17. The summed E-state index contributed by atoms with van der Waals surface area (Å²) in [5, 5.41) is 0.207. The van der Waals surface area contributed by atoms with Gasteiger partial charge in [-0.2, -0.15) is 0 Å². The lowest BCUT2D eigenvalue weighted by Gasteiger charge is -2.12. The molecule has 2 N–H and O–H groups in total. The lowest BCUT2D eigenvalue weighted by molar-refractivity contribution is 0.0846. The van der Waals surface area contributed by atoms with Crippen molar-refractivity contribution < 1.29 is 28.5 Å². The number of halogens is 1. The summed E-state index contributed by atoms with van der Waals surface area (Å²) >= 11 is 6.07. The molecule has 0 spiro atoms. The van der Waals surface area contributed by atoms with E-state index in [1.54, 1.807) is 12.1 Å². The van der Waals surface area contributed by atoms with Crippen LogP contribution in [0.4, 0.5) is 0 Å². The van der Waals surface area contributed by atoms with Crippen LogP contribution in [0.2, 0.25) is 5.02 Å². The molecule has 2 amide bonds. The average Bonchev–Trinajstić information content (AvgIpc) is 3.12. The van der Waals surface area contributed by atoms with Gasteiger partial charge in [-0.25, -0.2) is 0 Å². The van der Waals surface area contributed by atoms with Gasteiger partial charge in [0.15, 0.2) is 23.0 Å². The maximum Gasteiger partial charge on any atom is 0.269 e. The van der Waals surface area contributed by atoms with Gasteiger partial charge in [0.25, 0.3) is 11.8 Å². The highest BCUT2D eigenvalue weighted by Crippen LogP contribution is 2.36. The van der Waals surface area contributed by atoms with Gasteiger partial charge in [-0.15, -0.1) is 0 Å². The molecular formula is C17H15ClN2O6. The number of ether oxygens (including phenoxy) is 4. The minimum Gasteiger partial charge on any atom is -0.493 e. The predicted octanol–water partition coefficient (Wildman–Crippen LogP) is 2.16. The molecule has 0 atom stereocenters. The first-order valence-corrected chi connectivity index (χ1v) is 7.83. The normalized spacial score (nSPS) is 11.7. The van der Waals surface area contributed by atoms with Crippen molar-refractivity contribution >= 4 is 23.4 Å². The SMILES string of the molecule is COc1cc(C(=O)NNC(=O)c2ccc3c(c2)OCO3)cc(Cl)c1OC. The monoisotopic (exact) mass is 378 g/mol. The van der Waals surface area contributed by atoms with Crippen molar-refractivity contribution in [3.05, 3.63) is 46.5 Å². The third-order valence-corrected chi connectivity index (χ3v) is 3.90. The summed E-state index contributed by atoms with van der Waals surface area (Å²) in [6.45, 7) is 0.108. The standard InChI is InChI=1S/C17H15ClN2O6/c1-23-14-7-10(5-11(18)15(14)24-2)17(22)20-19-16(21)9-3-4-12-13(6-9)26-8-25-12/h3-7H,8H2,1-2H3,(H,19,21)(H,20,22). The van der Waals surface area contributed by atoms with Crippen LogP contribution in [-0.4, -0.2) is 32.8 Å². The number of hydrogen-bond donors (Lipinski definition) is 2. The van der Waals surface area contributed by atoms with E-state index in [0.29, 0.717) is 28.6 Å². The molecule has 3 rings (SSSR count). The zero-order chi connectivity index (χ0) is 18.7. The van der Waals surface area contributed by atoms with E-state index in [1.807, 2.05) is 0 Å². The molecule has 1 aliphatic rings. The molecule has 26 heavy (non-hydrogen) atoms. The van der Waals surface area contributed by atoms with Crippen LogP contribution in [0.25, 0.3) is 0 Å². The lowest BCUT2D eigenvalue weighted by atomic mass is 10.2. The number of carbonyl (C=O) groups is 2. The molecule has 0 unspecified atom stereocenters. The molecule has 0 bridgehead atoms. The van der Waals surface area contributed by atoms with Gasteiger partial charge < -0.3 is 18.9 Å². The zero-order valence-corrected chi connectivity index (χ0v) is 14.7. The summed E-state index contributed by atoms with van der Waals surface area (Å²) < 4.78 is 20.7. The molecule has 0 fully saturated rings. The van der Waals surface area contributed by atoms with E-state index in [2.05, 4.69) is 10.9 Å². The molecule has 0 radical (unpaired) electrons. The van der Waals surface area contributed by atoms with Gasteiger partial charge in [0, 0.05) is 11.1 Å². The first kappa shape index (κ1) is 17.7. The number of hydrazine groups is 1. The molecule has 0 aliphatic carbocycles. The molecular weight excluding hydrogens is 364 g/mol. The Balaban J connectivity index is 1.69. The Morgan fingerprint density at radius 3 is 2.35 bits per heavy atom. The first-order valence-electron chi connectivity index (χ1n) is 7.45. The molecule has 0 aromatic heterocycles. The molecule has 2 aromatic rings. The van der Waals surface area contributed by atoms with Crippen molar-refractivity contribution in [2.24, 2.45) is 0 Å². The molecule has 0 saturated heterocycles. The van der Waals surface area contributed by atoms with Crippen LogP contribution in [0.5, 0.6) is 23.0 Å². The Kier molecular flexibility index (Phi) is 5.04. The van der Waals surface area contributed by atoms with Gasteiger partial charge in [0.1, 0.15) is 0 Å². The third-order valence-electron chi connectivity index (χ3n) is 3.62. The zero-order valence-electron chi connectivity index (χ0n) is 13.9. The Morgan fingerprint density at radius 1 is 0.962 bits per heavy atom. The Morgan fingerprint density at radius 2 is 1.65 bits per heavy atom. The van der Waals surface area contributed by atoms with Crippen molar-refractivity contribution in [2.45, 2.75) is 0 Å². The largest absolute Gasteiger partial charge is 0.493 e. The molecule has 1 aliphatic heterocycles. The van der Waals surface area contributed by atoms with Crippen LogP contribution in [0.1, 0.15) is 20.7 Å². The summed E-state index contributed by atoms with van der Waals surface area (Å²) in [4.78, 5) is 24.4. The summed E-state index contributed by atoms with van der Waals surface area (Å²) in [6.07, 6.45) is 0. The highest BCUT2D eigenvalue weighted by Gasteiger charge is 2.18. The van der Waals surface area contributed by atoms with Crippen molar-refractivity contribution in [1.82, 2.24) is 10.9 Å². The number of nitrogens with one attached hydrogen (secondary N) is 2. The van der Waals surface area contributed by atoms with Crippen LogP contribution in [0, 0.1) is 0 Å². The van der Waals surface area contributed by atoms with E-state index in [4.69, 9.17) is 30.5 Å². The van der Waals surface area contributed by atoms with Crippen molar-refractivity contribution in [3.63, 3.8) is 0 Å². The highest BCUT2D eigenvalue weighted by atomic mass is 35.5. The summed E-state index contributed by atoms with van der Waals surface area (Å²) in [5.74, 6) is 0.564. The molecule has 0 saturated carbocycles. The number of methoxy groups -OCH3 is 2. The van der Waals surface area contributed by atoms with E-state index in [-0.39, 0.29) is 17.4 Å². The van der Waals surface area contributed by atoms with Crippen LogP contribution >= 0.6 is 11.6 Å². The minimum absolute atomic E-state index is 0.108.